The van der Waals surface area contributed by atoms with Crippen LogP contribution < -0.4 is 0 Å². The van der Waals surface area contributed by atoms with Crippen molar-refractivity contribution in [3.63, 3.8) is 0 Å². The molecular weight excluding hydrogens is 174 g/mol. The first-order valence-corrected chi connectivity index (χ1v) is 5.55. The van der Waals surface area contributed by atoms with E-state index in [-0.39, 0.29) is 11.0 Å². The van der Waals surface area contributed by atoms with Gasteiger partial charge in [-0.3, -0.25) is 0 Å². The Morgan fingerprint density at radius 1 is 1.67 bits per heavy atom. The zero-order valence-corrected chi connectivity index (χ0v) is 8.06. The molecule has 0 radical (unpaired) electrons. The Morgan fingerprint density at radius 2 is 2.33 bits per heavy atom. The molecule has 0 aliphatic heterocycles. The van der Waals surface area contributed by atoms with Crippen molar-refractivity contribution in [2.75, 3.05) is 5.75 Å². The lowest BCUT2D eigenvalue weighted by molar-refractivity contribution is 0.461. The molecule has 0 saturated heterocycles. The van der Waals surface area contributed by atoms with Crippen LogP contribution in [-0.4, -0.2) is 9.96 Å². The fraction of sp³-hybridized carbons (Fsp3) is 0.500. The largest absolute Gasteiger partial charge is 0.455 e. The van der Waals surface area contributed by atoms with Gasteiger partial charge in [0.05, 0.1) is 6.26 Å². The molecule has 0 fully saturated rings. The summed E-state index contributed by atoms with van der Waals surface area (Å²) in [6, 6.07) is 3.25. The van der Waals surface area contributed by atoms with Crippen LogP contribution in [0.15, 0.2) is 27.9 Å². The van der Waals surface area contributed by atoms with E-state index in [9.17, 15) is 4.21 Å². The fourth-order valence-corrected chi connectivity index (χ4v) is 2.62. The molecule has 0 saturated carbocycles. The highest BCUT2D eigenvalue weighted by atomic mass is 32.2. The molecule has 0 spiro atoms. The molecule has 1 atom stereocenters. The highest BCUT2D eigenvalue weighted by Gasteiger charge is 2.14. The Hall–Kier alpha value is -0.770. The minimum absolute atomic E-state index is 0.250. The van der Waals surface area contributed by atoms with Crippen molar-refractivity contribution < 1.29 is 8.63 Å². The summed E-state index contributed by atoms with van der Waals surface area (Å²) in [5.74, 6) is 0.612. The zero-order chi connectivity index (χ0) is 9.19. The third-order valence-corrected chi connectivity index (χ3v) is 3.41. The molecule has 3 nitrogen and oxygen atoms in total. The monoisotopic (exact) mass is 187 g/mol. The van der Waals surface area contributed by atoms with E-state index < -0.39 is 9.73 Å². The van der Waals surface area contributed by atoms with Gasteiger partial charge in [-0.2, -0.15) is 0 Å². The van der Waals surface area contributed by atoms with Gasteiger partial charge >= 0.3 is 0 Å². The van der Waals surface area contributed by atoms with E-state index in [1.54, 1.807) is 12.1 Å². The van der Waals surface area contributed by atoms with E-state index in [4.69, 9.17) is 9.20 Å². The second-order valence-electron chi connectivity index (χ2n) is 3.17. The first-order valence-electron chi connectivity index (χ1n) is 3.82. The van der Waals surface area contributed by atoms with Crippen LogP contribution in [0, 0.1) is 10.7 Å². The smallest absolute Gasteiger partial charge is 0.198 e. The molecule has 4 heteroatoms. The molecule has 1 aromatic heterocycles. The molecule has 0 aromatic carbocycles. The Kier molecular flexibility index (Phi) is 2.57. The van der Waals surface area contributed by atoms with Crippen molar-refractivity contribution in [2.45, 2.75) is 18.9 Å². The maximum Gasteiger partial charge on any atom is 0.198 e. The average molecular weight is 187 g/mol. The summed E-state index contributed by atoms with van der Waals surface area (Å²) in [4.78, 5) is 0. The van der Waals surface area contributed by atoms with E-state index in [1.807, 2.05) is 13.8 Å². The van der Waals surface area contributed by atoms with E-state index in [2.05, 4.69) is 0 Å². The molecule has 0 amide bonds. The quantitative estimate of drug-likeness (QED) is 0.789. The van der Waals surface area contributed by atoms with Gasteiger partial charge < -0.3 is 4.42 Å². The first kappa shape index (κ1) is 9.32. The van der Waals surface area contributed by atoms with Gasteiger partial charge in [0, 0.05) is 5.75 Å². The van der Waals surface area contributed by atoms with Gasteiger partial charge in [-0.25, -0.2) is 8.99 Å². The normalized spacial score (nSPS) is 16.2. The van der Waals surface area contributed by atoms with Crippen LogP contribution in [-0.2, 0) is 9.73 Å². The summed E-state index contributed by atoms with van der Waals surface area (Å²) in [5.41, 5.74) is 0. The third kappa shape index (κ3) is 2.11. The highest BCUT2D eigenvalue weighted by Crippen LogP contribution is 2.14. The van der Waals surface area contributed by atoms with Gasteiger partial charge in [-0.15, -0.1) is 0 Å². The summed E-state index contributed by atoms with van der Waals surface area (Å²) < 4.78 is 24.1. The second-order valence-corrected chi connectivity index (χ2v) is 5.25. The number of rotatable bonds is 3. The molecule has 0 bridgehead atoms. The lowest BCUT2D eigenvalue weighted by atomic mass is 10.3. The summed E-state index contributed by atoms with van der Waals surface area (Å²) in [6.45, 7) is 3.88. The van der Waals surface area contributed by atoms with Gasteiger partial charge in [-0.1, -0.05) is 13.8 Å². The van der Waals surface area contributed by atoms with E-state index in [1.165, 1.54) is 6.26 Å². The molecule has 1 N–H and O–H groups in total. The molecule has 0 aliphatic rings. The summed E-state index contributed by atoms with van der Waals surface area (Å²) in [7, 11) is -2.68. The van der Waals surface area contributed by atoms with Crippen LogP contribution in [0.25, 0.3) is 0 Å². The van der Waals surface area contributed by atoms with Gasteiger partial charge in [0.1, 0.15) is 9.73 Å². The van der Waals surface area contributed by atoms with Crippen molar-refractivity contribution in [1.82, 2.24) is 0 Å². The minimum Gasteiger partial charge on any atom is -0.455 e. The van der Waals surface area contributed by atoms with Crippen LogP contribution in [0.3, 0.4) is 0 Å². The predicted molar refractivity (Wildman–Crippen MR) is 47.5 cm³/mol. The van der Waals surface area contributed by atoms with Crippen molar-refractivity contribution in [2.24, 2.45) is 5.92 Å². The molecule has 1 aromatic rings. The van der Waals surface area contributed by atoms with E-state index in [0.29, 0.717) is 5.75 Å². The Balaban J connectivity index is 2.88. The molecule has 0 aliphatic carbocycles. The van der Waals surface area contributed by atoms with Gasteiger partial charge in [0.25, 0.3) is 0 Å². The van der Waals surface area contributed by atoms with Crippen molar-refractivity contribution in [3.05, 3.63) is 18.4 Å². The Labute approximate surface area is 72.8 Å². The SMILES string of the molecule is CC(C)CS(=N)(=O)c1ccco1. The number of nitrogens with one attached hydrogen (secondary N) is 1. The summed E-state index contributed by atoms with van der Waals surface area (Å²) in [5, 5.41) is 0.288. The standard InChI is InChI=1S/C8H13NO2S/c1-7(2)6-12(9,10)8-4-3-5-11-8/h3-5,7,9H,6H2,1-2H3. The topological polar surface area (TPSA) is 54.1 Å². The lowest BCUT2D eigenvalue weighted by Gasteiger charge is -2.05. The molecule has 68 valence electrons. The van der Waals surface area contributed by atoms with Crippen LogP contribution in [0.1, 0.15) is 13.8 Å². The van der Waals surface area contributed by atoms with Gasteiger partial charge in [0.15, 0.2) is 5.09 Å². The number of hydrogen-bond donors (Lipinski definition) is 1. The van der Waals surface area contributed by atoms with Crippen LogP contribution in [0.5, 0.6) is 0 Å². The summed E-state index contributed by atoms with van der Waals surface area (Å²) in [6.07, 6.45) is 1.45. The number of hydrogen-bond acceptors (Lipinski definition) is 3. The maximum atomic E-state index is 11.6. The van der Waals surface area contributed by atoms with Gasteiger partial charge in [0.2, 0.25) is 0 Å². The number of furan rings is 1. The molecular formula is C8H13NO2S. The zero-order valence-electron chi connectivity index (χ0n) is 7.24. The first-order chi connectivity index (χ1) is 5.52. The lowest BCUT2D eigenvalue weighted by Crippen LogP contribution is -2.09. The van der Waals surface area contributed by atoms with E-state index >= 15 is 0 Å². The summed E-state index contributed by atoms with van der Waals surface area (Å²) >= 11 is 0. The predicted octanol–water partition coefficient (Wildman–Crippen LogP) is 2.34. The second kappa shape index (κ2) is 3.31. The fourth-order valence-electron chi connectivity index (χ4n) is 1.00. The van der Waals surface area contributed by atoms with Crippen LogP contribution in [0.2, 0.25) is 0 Å². The Bertz CT molecular complexity index is 324. The van der Waals surface area contributed by atoms with Crippen LogP contribution >= 0.6 is 0 Å². The molecule has 1 rings (SSSR count). The molecule has 1 heterocycles. The van der Waals surface area contributed by atoms with E-state index in [0.717, 1.165) is 0 Å². The van der Waals surface area contributed by atoms with Gasteiger partial charge in [-0.05, 0) is 18.1 Å². The maximum absolute atomic E-state index is 11.6. The third-order valence-electron chi connectivity index (χ3n) is 1.39. The minimum atomic E-state index is -2.68. The highest BCUT2D eigenvalue weighted by molar-refractivity contribution is 7.92. The van der Waals surface area contributed by atoms with Crippen molar-refractivity contribution in [3.8, 4) is 0 Å². The van der Waals surface area contributed by atoms with Crippen molar-refractivity contribution >= 4 is 9.73 Å². The van der Waals surface area contributed by atoms with Crippen LogP contribution in [0.4, 0.5) is 0 Å². The average Bonchev–Trinajstić information content (AvgIpc) is 2.32. The Morgan fingerprint density at radius 3 is 2.75 bits per heavy atom. The molecule has 1 unspecified atom stereocenters. The van der Waals surface area contributed by atoms with Crippen molar-refractivity contribution in [1.29, 1.82) is 4.78 Å². The molecule has 12 heavy (non-hydrogen) atoms.